The number of halogens is 1. The van der Waals surface area contributed by atoms with Crippen molar-refractivity contribution in [1.82, 2.24) is 0 Å². The number of nitrogens with one attached hydrogen (secondary N) is 2. The van der Waals surface area contributed by atoms with Crippen molar-refractivity contribution in [3.63, 3.8) is 0 Å². The van der Waals surface area contributed by atoms with E-state index in [0.29, 0.717) is 22.2 Å². The Morgan fingerprint density at radius 1 is 1.27 bits per heavy atom. The smallest absolute Gasteiger partial charge is 0.201 e. The number of nitrogens with zero attached hydrogens (tertiary/aromatic N) is 2. The van der Waals surface area contributed by atoms with Crippen LogP contribution in [0.3, 0.4) is 0 Å². The van der Waals surface area contributed by atoms with Crippen LogP contribution in [0.1, 0.15) is 0 Å². The number of anilines is 1. The van der Waals surface area contributed by atoms with Gasteiger partial charge in [-0.3, -0.25) is 10.8 Å². The third-order valence-electron chi connectivity index (χ3n) is 2.56. The Bertz CT molecular complexity index is 767. The number of para-hydroxylation sites is 2. The zero-order chi connectivity index (χ0) is 15.9. The Kier molecular flexibility index (Phi) is 4.96. The van der Waals surface area contributed by atoms with Crippen molar-refractivity contribution in [3.05, 3.63) is 53.6 Å². The molecule has 2 aromatic carbocycles. The summed E-state index contributed by atoms with van der Waals surface area (Å²) >= 11 is 5.92. The molecule has 0 saturated carbocycles. The molecule has 0 spiro atoms. The number of hydrazone groups is 1. The summed E-state index contributed by atoms with van der Waals surface area (Å²) < 4.78 is 5.73. The first-order valence-electron chi connectivity index (χ1n) is 6.21. The van der Waals surface area contributed by atoms with Gasteiger partial charge >= 0.3 is 0 Å². The molecule has 0 radical (unpaired) electrons. The summed E-state index contributed by atoms with van der Waals surface area (Å²) in [5.41, 5.74) is 8.21. The van der Waals surface area contributed by atoms with E-state index in [4.69, 9.17) is 32.7 Å². The molecule has 2 aromatic rings. The van der Waals surface area contributed by atoms with E-state index in [1.165, 1.54) is 0 Å². The van der Waals surface area contributed by atoms with Gasteiger partial charge in [-0.15, -0.1) is 0 Å². The van der Waals surface area contributed by atoms with Crippen LogP contribution in [-0.2, 0) is 0 Å². The Morgan fingerprint density at radius 3 is 2.73 bits per heavy atom. The standard InChI is InChI=1S/C15H12ClN5O/c16-10-4-3-5-11(8-10)22-14-7-2-1-6-12(14)20-21-13(9-17)15(18)19/h1-8,20H,(H3,18,19)/b21-13+. The highest BCUT2D eigenvalue weighted by molar-refractivity contribution is 6.45. The zero-order valence-corrected chi connectivity index (χ0v) is 12.1. The van der Waals surface area contributed by atoms with Crippen LogP contribution in [-0.4, -0.2) is 11.5 Å². The van der Waals surface area contributed by atoms with Gasteiger partial charge in [-0.1, -0.05) is 29.8 Å². The number of ether oxygens (including phenoxy) is 1. The van der Waals surface area contributed by atoms with E-state index >= 15 is 0 Å². The fourth-order valence-corrected chi connectivity index (χ4v) is 1.75. The summed E-state index contributed by atoms with van der Waals surface area (Å²) in [5, 5.41) is 20.4. The Morgan fingerprint density at radius 2 is 2.05 bits per heavy atom. The second-order valence-electron chi connectivity index (χ2n) is 4.15. The van der Waals surface area contributed by atoms with E-state index in [2.05, 4.69) is 10.5 Å². The first-order chi connectivity index (χ1) is 10.6. The molecule has 6 nitrogen and oxygen atoms in total. The molecule has 0 atom stereocenters. The molecule has 2 rings (SSSR count). The van der Waals surface area contributed by atoms with Crippen LogP contribution >= 0.6 is 11.6 Å². The summed E-state index contributed by atoms with van der Waals surface area (Å²) in [4.78, 5) is 0. The molecular formula is C15H12ClN5O. The molecule has 0 unspecified atom stereocenters. The lowest BCUT2D eigenvalue weighted by molar-refractivity contribution is 0.484. The molecular weight excluding hydrogens is 302 g/mol. The normalized spacial score (nSPS) is 10.6. The fraction of sp³-hybridized carbons (Fsp3) is 0. The topological polar surface area (TPSA) is 107 Å². The van der Waals surface area contributed by atoms with Crippen LogP contribution in [0.2, 0.25) is 5.02 Å². The minimum atomic E-state index is -0.414. The van der Waals surface area contributed by atoms with Crippen molar-refractivity contribution in [2.45, 2.75) is 0 Å². The van der Waals surface area contributed by atoms with Gasteiger partial charge in [0.2, 0.25) is 5.71 Å². The van der Waals surface area contributed by atoms with Crippen LogP contribution in [0, 0.1) is 16.7 Å². The predicted octanol–water partition coefficient (Wildman–Crippen LogP) is 3.36. The van der Waals surface area contributed by atoms with Crippen LogP contribution in [0.4, 0.5) is 5.69 Å². The minimum absolute atomic E-state index is 0.211. The van der Waals surface area contributed by atoms with Gasteiger partial charge < -0.3 is 10.5 Å². The maximum absolute atomic E-state index is 8.82. The molecule has 0 saturated heterocycles. The van der Waals surface area contributed by atoms with Crippen LogP contribution in [0.25, 0.3) is 0 Å². The zero-order valence-electron chi connectivity index (χ0n) is 11.4. The summed E-state index contributed by atoms with van der Waals surface area (Å²) in [5.74, 6) is 0.649. The number of benzene rings is 2. The summed E-state index contributed by atoms with van der Waals surface area (Å²) in [7, 11) is 0. The molecule has 7 heteroatoms. The van der Waals surface area contributed by atoms with E-state index in [1.54, 1.807) is 54.6 Å². The molecule has 0 aliphatic carbocycles. The maximum atomic E-state index is 8.82. The first-order valence-corrected chi connectivity index (χ1v) is 6.58. The highest BCUT2D eigenvalue weighted by Gasteiger charge is 2.06. The highest BCUT2D eigenvalue weighted by Crippen LogP contribution is 2.30. The number of amidine groups is 1. The molecule has 0 aromatic heterocycles. The van der Waals surface area contributed by atoms with Gasteiger partial charge in [0.15, 0.2) is 11.6 Å². The third kappa shape index (κ3) is 3.98. The van der Waals surface area contributed by atoms with Crippen molar-refractivity contribution in [3.8, 4) is 17.6 Å². The summed E-state index contributed by atoms with van der Waals surface area (Å²) in [6.45, 7) is 0. The summed E-state index contributed by atoms with van der Waals surface area (Å²) in [6, 6.07) is 15.7. The monoisotopic (exact) mass is 313 g/mol. The lowest BCUT2D eigenvalue weighted by Crippen LogP contribution is -2.21. The number of rotatable bonds is 5. The largest absolute Gasteiger partial charge is 0.455 e. The van der Waals surface area contributed by atoms with Gasteiger partial charge in [0, 0.05) is 5.02 Å². The molecule has 4 N–H and O–H groups in total. The van der Waals surface area contributed by atoms with Gasteiger partial charge in [0.05, 0.1) is 5.69 Å². The molecule has 0 heterocycles. The first kappa shape index (κ1) is 15.4. The predicted molar refractivity (Wildman–Crippen MR) is 86.6 cm³/mol. The minimum Gasteiger partial charge on any atom is -0.455 e. The maximum Gasteiger partial charge on any atom is 0.201 e. The number of nitrogens with two attached hydrogens (primary N) is 1. The van der Waals surface area contributed by atoms with E-state index < -0.39 is 5.84 Å². The van der Waals surface area contributed by atoms with Gasteiger partial charge in [-0.05, 0) is 30.3 Å². The van der Waals surface area contributed by atoms with Gasteiger partial charge in [0.25, 0.3) is 0 Å². The Balaban J connectivity index is 2.24. The van der Waals surface area contributed by atoms with Crippen LogP contribution < -0.4 is 15.9 Å². The van der Waals surface area contributed by atoms with E-state index in [-0.39, 0.29) is 5.71 Å². The molecule has 110 valence electrons. The Labute approximate surface area is 132 Å². The second kappa shape index (κ2) is 7.11. The van der Waals surface area contributed by atoms with Gasteiger partial charge in [0.1, 0.15) is 11.8 Å². The average molecular weight is 314 g/mol. The molecule has 22 heavy (non-hydrogen) atoms. The van der Waals surface area contributed by atoms with Crippen molar-refractivity contribution in [2.24, 2.45) is 10.8 Å². The molecule has 0 aliphatic rings. The lowest BCUT2D eigenvalue weighted by Gasteiger charge is -2.10. The molecule has 0 bridgehead atoms. The van der Waals surface area contributed by atoms with Crippen molar-refractivity contribution < 1.29 is 4.74 Å². The Hall–Kier alpha value is -3.04. The van der Waals surface area contributed by atoms with Crippen LogP contribution in [0.5, 0.6) is 11.5 Å². The number of hydrogen-bond acceptors (Lipinski definition) is 5. The SMILES string of the molecule is N#C/C(=N\Nc1ccccc1Oc1cccc(Cl)c1)C(=N)N. The van der Waals surface area contributed by atoms with Gasteiger partial charge in [-0.25, -0.2) is 0 Å². The number of hydrogen-bond donors (Lipinski definition) is 3. The molecule has 0 amide bonds. The second-order valence-corrected chi connectivity index (χ2v) is 4.59. The van der Waals surface area contributed by atoms with Crippen molar-refractivity contribution in [1.29, 1.82) is 10.7 Å². The van der Waals surface area contributed by atoms with E-state index in [9.17, 15) is 0 Å². The third-order valence-corrected chi connectivity index (χ3v) is 2.80. The highest BCUT2D eigenvalue weighted by atomic mass is 35.5. The van der Waals surface area contributed by atoms with Gasteiger partial charge in [-0.2, -0.15) is 10.4 Å². The molecule has 0 aliphatic heterocycles. The lowest BCUT2D eigenvalue weighted by atomic mass is 10.3. The van der Waals surface area contributed by atoms with Crippen LogP contribution in [0.15, 0.2) is 53.6 Å². The summed E-state index contributed by atoms with van der Waals surface area (Å²) in [6.07, 6.45) is 0. The van der Waals surface area contributed by atoms with Crippen molar-refractivity contribution >= 4 is 28.8 Å². The number of nitriles is 1. The molecule has 0 fully saturated rings. The fourth-order valence-electron chi connectivity index (χ4n) is 1.57. The average Bonchev–Trinajstić information content (AvgIpc) is 2.49. The quantitative estimate of drug-likeness (QED) is 0.447. The van der Waals surface area contributed by atoms with E-state index in [1.807, 2.05) is 0 Å². The van der Waals surface area contributed by atoms with Crippen molar-refractivity contribution in [2.75, 3.05) is 5.43 Å². The van der Waals surface area contributed by atoms with E-state index in [0.717, 1.165) is 0 Å².